The Hall–Kier alpha value is 0.540. The molecule has 22 heavy (non-hydrogen) atoms. The van der Waals surface area contributed by atoms with Gasteiger partial charge in [0.15, 0.2) is 0 Å². The SMILES string of the molecule is BrC(Br)c1ccc2c(c1)sc1c3cccc(C(Br)Br)c3sc21. The lowest BCUT2D eigenvalue weighted by Gasteiger charge is -2.03. The predicted molar refractivity (Wildman–Crippen MR) is 116 cm³/mol. The highest BCUT2D eigenvalue weighted by Crippen LogP contribution is 2.48. The summed E-state index contributed by atoms with van der Waals surface area (Å²) in [7, 11) is 0. The quantitative estimate of drug-likeness (QED) is 0.207. The minimum Gasteiger partial charge on any atom is -0.134 e. The largest absolute Gasteiger partial charge is 0.134 e. The predicted octanol–water partition coefficient (Wildman–Crippen LogP) is 8.85. The van der Waals surface area contributed by atoms with Crippen LogP contribution < -0.4 is 0 Å². The summed E-state index contributed by atoms with van der Waals surface area (Å²) in [5.74, 6) is 0. The molecule has 0 N–H and O–H groups in total. The lowest BCUT2D eigenvalue weighted by molar-refractivity contribution is 1.46. The number of halogens is 4. The highest BCUT2D eigenvalue weighted by molar-refractivity contribution is 9.24. The topological polar surface area (TPSA) is 0 Å². The summed E-state index contributed by atoms with van der Waals surface area (Å²) in [5.41, 5.74) is 2.56. The van der Waals surface area contributed by atoms with E-state index in [-0.39, 0.29) is 7.47 Å². The molecule has 0 atom stereocenters. The zero-order chi connectivity index (χ0) is 15.4. The zero-order valence-electron chi connectivity index (χ0n) is 10.9. The molecular formula is C16H8Br4S2. The first kappa shape index (κ1) is 16.0. The van der Waals surface area contributed by atoms with Gasteiger partial charge in [-0.15, -0.1) is 22.7 Å². The first-order chi connectivity index (χ1) is 10.6. The Morgan fingerprint density at radius 2 is 1.50 bits per heavy atom. The van der Waals surface area contributed by atoms with Gasteiger partial charge >= 0.3 is 0 Å². The lowest BCUT2D eigenvalue weighted by atomic mass is 10.1. The molecule has 0 saturated heterocycles. The molecular weight excluding hydrogens is 576 g/mol. The molecule has 0 radical (unpaired) electrons. The van der Waals surface area contributed by atoms with Gasteiger partial charge in [0.1, 0.15) is 0 Å². The number of thiophene rings is 2. The number of hydrogen-bond donors (Lipinski definition) is 0. The number of benzene rings is 2. The Bertz CT molecular complexity index is 998. The third kappa shape index (κ3) is 2.54. The van der Waals surface area contributed by atoms with Crippen molar-refractivity contribution in [2.24, 2.45) is 0 Å². The minimum atomic E-state index is 0.192. The van der Waals surface area contributed by atoms with Crippen molar-refractivity contribution in [3.63, 3.8) is 0 Å². The normalized spacial score (nSPS) is 12.5. The van der Waals surface area contributed by atoms with Crippen molar-refractivity contribution >= 4 is 116 Å². The van der Waals surface area contributed by atoms with Crippen molar-refractivity contribution in [1.82, 2.24) is 0 Å². The molecule has 2 heterocycles. The molecule has 0 bridgehead atoms. The monoisotopic (exact) mass is 580 g/mol. The van der Waals surface area contributed by atoms with Gasteiger partial charge in [0.25, 0.3) is 0 Å². The number of fused-ring (bicyclic) bond motifs is 5. The molecule has 0 aliphatic rings. The summed E-state index contributed by atoms with van der Waals surface area (Å²) in [6, 6.07) is 13.3. The molecule has 0 saturated carbocycles. The standard InChI is InChI=1S/C16H8Br4S2/c17-15(18)7-4-5-8-11(6-7)21-14-9-2-1-3-10(16(19)20)12(9)22-13(8)14/h1-6,15-16H. The van der Waals surface area contributed by atoms with E-state index in [1.165, 1.54) is 40.7 Å². The van der Waals surface area contributed by atoms with Crippen LogP contribution in [0.5, 0.6) is 0 Å². The molecule has 2 aromatic heterocycles. The van der Waals surface area contributed by atoms with Gasteiger partial charge in [-0.05, 0) is 17.2 Å². The van der Waals surface area contributed by atoms with Crippen LogP contribution in [0.25, 0.3) is 29.6 Å². The Morgan fingerprint density at radius 1 is 0.727 bits per heavy atom. The molecule has 0 aliphatic carbocycles. The fourth-order valence-electron chi connectivity index (χ4n) is 2.63. The van der Waals surface area contributed by atoms with E-state index in [1.54, 1.807) is 0 Å². The molecule has 0 spiro atoms. The molecule has 2 aromatic carbocycles. The van der Waals surface area contributed by atoms with Crippen LogP contribution in [0.4, 0.5) is 0 Å². The summed E-state index contributed by atoms with van der Waals surface area (Å²) in [5, 5.41) is 2.72. The van der Waals surface area contributed by atoms with Crippen LogP contribution in [-0.4, -0.2) is 0 Å². The van der Waals surface area contributed by atoms with E-state index >= 15 is 0 Å². The first-order valence-corrected chi connectivity index (χ1v) is 11.8. The highest BCUT2D eigenvalue weighted by atomic mass is 79.9. The molecule has 6 heteroatoms. The van der Waals surface area contributed by atoms with Crippen LogP contribution in [0.2, 0.25) is 0 Å². The second-order valence-electron chi connectivity index (χ2n) is 4.94. The number of alkyl halides is 4. The second-order valence-corrected chi connectivity index (χ2v) is 13.1. The molecule has 0 unspecified atom stereocenters. The first-order valence-electron chi connectivity index (χ1n) is 6.50. The van der Waals surface area contributed by atoms with Gasteiger partial charge < -0.3 is 0 Å². The minimum absolute atomic E-state index is 0.192. The maximum atomic E-state index is 3.64. The maximum Gasteiger partial charge on any atom is 0.0960 e. The number of rotatable bonds is 2. The Labute approximate surface area is 169 Å². The summed E-state index contributed by atoms with van der Waals surface area (Å²) in [4.78, 5) is 0. The molecule has 0 fully saturated rings. The third-order valence-corrected chi connectivity index (χ3v) is 8.30. The summed E-state index contributed by atoms with van der Waals surface area (Å²) in [6.07, 6.45) is 0. The van der Waals surface area contributed by atoms with Crippen LogP contribution in [0.1, 0.15) is 18.6 Å². The fourth-order valence-corrected chi connectivity index (χ4v) is 7.10. The molecule has 0 nitrogen and oxygen atoms in total. The molecule has 112 valence electrons. The average molecular weight is 584 g/mol. The van der Waals surface area contributed by atoms with Crippen molar-refractivity contribution in [1.29, 1.82) is 0 Å². The lowest BCUT2D eigenvalue weighted by Crippen LogP contribution is -1.79. The van der Waals surface area contributed by atoms with Gasteiger partial charge in [0.2, 0.25) is 0 Å². The third-order valence-electron chi connectivity index (χ3n) is 3.65. The summed E-state index contributed by atoms with van der Waals surface area (Å²) in [6.45, 7) is 0. The zero-order valence-corrected chi connectivity index (χ0v) is 18.9. The van der Waals surface area contributed by atoms with E-state index in [4.69, 9.17) is 0 Å². The molecule has 0 aliphatic heterocycles. The van der Waals surface area contributed by atoms with Gasteiger partial charge in [-0.25, -0.2) is 0 Å². The van der Waals surface area contributed by atoms with E-state index in [0.29, 0.717) is 0 Å². The van der Waals surface area contributed by atoms with Crippen LogP contribution in [0.3, 0.4) is 0 Å². The van der Waals surface area contributed by atoms with Crippen molar-refractivity contribution in [2.45, 2.75) is 7.47 Å². The van der Waals surface area contributed by atoms with Crippen molar-refractivity contribution in [2.75, 3.05) is 0 Å². The van der Waals surface area contributed by atoms with E-state index in [9.17, 15) is 0 Å². The van der Waals surface area contributed by atoms with Gasteiger partial charge in [-0.2, -0.15) is 0 Å². The van der Waals surface area contributed by atoms with E-state index in [0.717, 1.165) is 0 Å². The maximum absolute atomic E-state index is 3.64. The van der Waals surface area contributed by atoms with Crippen LogP contribution >= 0.6 is 86.4 Å². The van der Waals surface area contributed by atoms with Gasteiger partial charge in [0, 0.05) is 20.2 Å². The number of hydrogen-bond acceptors (Lipinski definition) is 2. The van der Waals surface area contributed by atoms with Gasteiger partial charge in [0.05, 0.1) is 16.9 Å². The Balaban J connectivity index is 2.08. The molecule has 0 amide bonds. The van der Waals surface area contributed by atoms with E-state index in [2.05, 4.69) is 100 Å². The summed E-state index contributed by atoms with van der Waals surface area (Å²) < 4.78 is 5.91. The van der Waals surface area contributed by atoms with Crippen molar-refractivity contribution < 1.29 is 0 Å². The van der Waals surface area contributed by atoms with Gasteiger partial charge in [-0.1, -0.05) is 94.1 Å². The van der Waals surface area contributed by atoms with Crippen LogP contribution in [0, 0.1) is 0 Å². The van der Waals surface area contributed by atoms with E-state index < -0.39 is 0 Å². The van der Waals surface area contributed by atoms with Crippen LogP contribution in [0.15, 0.2) is 36.4 Å². The average Bonchev–Trinajstić information content (AvgIpc) is 3.01. The molecule has 4 aromatic rings. The Kier molecular flexibility index (Phi) is 4.46. The second kappa shape index (κ2) is 6.12. The highest BCUT2D eigenvalue weighted by Gasteiger charge is 2.17. The Morgan fingerprint density at radius 3 is 2.23 bits per heavy atom. The van der Waals surface area contributed by atoms with Crippen molar-refractivity contribution in [3.05, 3.63) is 47.5 Å². The van der Waals surface area contributed by atoms with Crippen LogP contribution in [-0.2, 0) is 0 Å². The molecule has 4 rings (SSSR count). The smallest absolute Gasteiger partial charge is 0.0960 e. The van der Waals surface area contributed by atoms with Crippen molar-refractivity contribution in [3.8, 4) is 0 Å². The van der Waals surface area contributed by atoms with E-state index in [1.807, 2.05) is 22.7 Å². The fraction of sp³-hybridized carbons (Fsp3) is 0.125. The summed E-state index contributed by atoms with van der Waals surface area (Å²) >= 11 is 18.2. The van der Waals surface area contributed by atoms with Gasteiger partial charge in [-0.3, -0.25) is 0 Å².